The molecule has 0 aliphatic rings. The summed E-state index contributed by atoms with van der Waals surface area (Å²) in [6.07, 6.45) is -0.208. The van der Waals surface area contributed by atoms with Gasteiger partial charge in [0.1, 0.15) is 0 Å². The normalized spacial score (nSPS) is 11.6. The van der Waals surface area contributed by atoms with Crippen LogP contribution in [-0.4, -0.2) is 5.75 Å². The number of alkyl halides is 2. The minimum atomic E-state index is -2.73. The van der Waals surface area contributed by atoms with E-state index in [2.05, 4.69) is 12.6 Å². The molecule has 0 unspecified atom stereocenters. The lowest BCUT2D eigenvalue weighted by atomic mass is 10.1. The largest absolute Gasteiger partial charge is 0.274 e. The highest BCUT2D eigenvalue weighted by Crippen LogP contribution is 2.31. The van der Waals surface area contributed by atoms with Crippen LogP contribution in [0.15, 0.2) is 30.3 Å². The number of halogens is 2. The van der Waals surface area contributed by atoms with E-state index in [0.717, 1.165) is 0 Å². The number of hydrogen-bond acceptors (Lipinski definition) is 1. The summed E-state index contributed by atoms with van der Waals surface area (Å²) in [6, 6.07) is 7.82. The molecule has 0 atom stereocenters. The molecular formula is C9H10F2S. The molecule has 0 bridgehead atoms. The predicted octanol–water partition coefficient (Wildman–Crippen LogP) is 3.10. The Balaban J connectivity index is 2.82. The molecule has 0 heterocycles. The fraction of sp³-hybridized carbons (Fsp3) is 0.333. The van der Waals surface area contributed by atoms with Crippen LogP contribution in [-0.2, 0) is 5.92 Å². The number of benzene rings is 1. The Hall–Kier alpha value is -0.570. The molecule has 0 aliphatic carbocycles. The Morgan fingerprint density at radius 3 is 2.25 bits per heavy atom. The standard InChI is InChI=1S/C9H10F2S/c10-9(11,6-7-12)8-4-2-1-3-5-8/h1-5,12H,6-7H2. The van der Waals surface area contributed by atoms with Crippen molar-refractivity contribution in [3.05, 3.63) is 35.9 Å². The molecule has 1 aromatic carbocycles. The van der Waals surface area contributed by atoms with Crippen molar-refractivity contribution in [3.8, 4) is 0 Å². The van der Waals surface area contributed by atoms with E-state index in [4.69, 9.17) is 0 Å². The lowest BCUT2D eigenvalue weighted by Crippen LogP contribution is -2.13. The van der Waals surface area contributed by atoms with Crippen LogP contribution in [0, 0.1) is 0 Å². The van der Waals surface area contributed by atoms with Crippen LogP contribution < -0.4 is 0 Å². The van der Waals surface area contributed by atoms with Crippen LogP contribution in [0.2, 0.25) is 0 Å². The lowest BCUT2D eigenvalue weighted by molar-refractivity contribution is -0.00691. The SMILES string of the molecule is FC(F)(CCS)c1ccccc1. The Kier molecular flexibility index (Phi) is 3.09. The minimum Gasteiger partial charge on any atom is -0.201 e. The van der Waals surface area contributed by atoms with E-state index in [1.165, 1.54) is 12.1 Å². The van der Waals surface area contributed by atoms with Gasteiger partial charge in [0, 0.05) is 12.0 Å². The Bertz CT molecular complexity index is 234. The van der Waals surface area contributed by atoms with Crippen molar-refractivity contribution < 1.29 is 8.78 Å². The molecule has 0 amide bonds. The second kappa shape index (κ2) is 3.90. The van der Waals surface area contributed by atoms with Crippen molar-refractivity contribution in [1.29, 1.82) is 0 Å². The van der Waals surface area contributed by atoms with Crippen molar-refractivity contribution in [2.45, 2.75) is 12.3 Å². The minimum absolute atomic E-state index is 0.0686. The molecule has 3 heteroatoms. The molecular weight excluding hydrogens is 178 g/mol. The third-order valence-electron chi connectivity index (χ3n) is 1.62. The average molecular weight is 188 g/mol. The Morgan fingerprint density at radius 2 is 1.75 bits per heavy atom. The van der Waals surface area contributed by atoms with Gasteiger partial charge in [0.15, 0.2) is 0 Å². The zero-order valence-electron chi connectivity index (χ0n) is 6.50. The fourth-order valence-electron chi connectivity index (χ4n) is 0.967. The third-order valence-corrected chi connectivity index (χ3v) is 1.85. The first-order valence-corrected chi connectivity index (χ1v) is 4.34. The number of rotatable bonds is 3. The van der Waals surface area contributed by atoms with Gasteiger partial charge in [0.25, 0.3) is 5.92 Å². The second-order valence-corrected chi connectivity index (χ2v) is 2.99. The van der Waals surface area contributed by atoms with Crippen molar-refractivity contribution >= 4 is 12.6 Å². The summed E-state index contributed by atoms with van der Waals surface area (Å²) < 4.78 is 26.2. The molecule has 0 saturated carbocycles. The topological polar surface area (TPSA) is 0 Å². The van der Waals surface area contributed by atoms with Gasteiger partial charge >= 0.3 is 0 Å². The molecule has 0 radical (unpaired) electrons. The van der Waals surface area contributed by atoms with Crippen molar-refractivity contribution in [2.75, 3.05) is 5.75 Å². The Labute approximate surface area is 76.0 Å². The summed E-state index contributed by atoms with van der Waals surface area (Å²) in [5.41, 5.74) is 0.0686. The molecule has 12 heavy (non-hydrogen) atoms. The number of thiol groups is 1. The van der Waals surface area contributed by atoms with Crippen molar-refractivity contribution in [1.82, 2.24) is 0 Å². The molecule has 0 aromatic heterocycles. The van der Waals surface area contributed by atoms with Crippen LogP contribution in [0.4, 0.5) is 8.78 Å². The maximum Gasteiger partial charge on any atom is 0.274 e. The zero-order chi connectivity index (χ0) is 9.03. The second-order valence-electron chi connectivity index (χ2n) is 2.54. The van der Waals surface area contributed by atoms with E-state index in [1.54, 1.807) is 18.2 Å². The molecule has 0 aliphatic heterocycles. The molecule has 0 saturated heterocycles. The Morgan fingerprint density at radius 1 is 1.17 bits per heavy atom. The van der Waals surface area contributed by atoms with E-state index in [1.807, 2.05) is 0 Å². The molecule has 1 rings (SSSR count). The van der Waals surface area contributed by atoms with Gasteiger partial charge in [-0.3, -0.25) is 0 Å². The first-order chi connectivity index (χ1) is 5.67. The van der Waals surface area contributed by atoms with Crippen LogP contribution in [0.25, 0.3) is 0 Å². The van der Waals surface area contributed by atoms with Gasteiger partial charge in [0.05, 0.1) is 0 Å². The highest BCUT2D eigenvalue weighted by Gasteiger charge is 2.29. The molecule has 1 aromatic rings. The summed E-state index contributed by atoms with van der Waals surface area (Å²) in [4.78, 5) is 0. The summed E-state index contributed by atoms with van der Waals surface area (Å²) >= 11 is 3.78. The molecule has 66 valence electrons. The van der Waals surface area contributed by atoms with Crippen molar-refractivity contribution in [2.24, 2.45) is 0 Å². The smallest absolute Gasteiger partial charge is 0.201 e. The maximum atomic E-state index is 13.1. The third kappa shape index (κ3) is 2.21. The summed E-state index contributed by atoms with van der Waals surface area (Å²) in [5, 5.41) is 0. The quantitative estimate of drug-likeness (QED) is 0.692. The van der Waals surface area contributed by atoms with Crippen molar-refractivity contribution in [3.63, 3.8) is 0 Å². The van der Waals surface area contributed by atoms with Gasteiger partial charge in [-0.1, -0.05) is 30.3 Å². The highest BCUT2D eigenvalue weighted by molar-refractivity contribution is 7.80. The molecule has 0 fully saturated rings. The molecule has 0 nitrogen and oxygen atoms in total. The molecule has 0 N–H and O–H groups in total. The van der Waals surface area contributed by atoms with E-state index >= 15 is 0 Å². The highest BCUT2D eigenvalue weighted by atomic mass is 32.1. The first-order valence-electron chi connectivity index (χ1n) is 3.71. The van der Waals surface area contributed by atoms with Gasteiger partial charge in [-0.2, -0.15) is 12.6 Å². The summed E-state index contributed by atoms with van der Waals surface area (Å²) in [6.45, 7) is 0. The fourth-order valence-corrected chi connectivity index (χ4v) is 1.25. The van der Waals surface area contributed by atoms with Gasteiger partial charge in [-0.15, -0.1) is 0 Å². The van der Waals surface area contributed by atoms with Crippen LogP contribution in [0.5, 0.6) is 0 Å². The van der Waals surface area contributed by atoms with Crippen LogP contribution >= 0.6 is 12.6 Å². The van der Waals surface area contributed by atoms with E-state index < -0.39 is 5.92 Å². The van der Waals surface area contributed by atoms with Gasteiger partial charge in [-0.25, -0.2) is 8.78 Å². The monoisotopic (exact) mass is 188 g/mol. The van der Waals surface area contributed by atoms with Crippen LogP contribution in [0.1, 0.15) is 12.0 Å². The van der Waals surface area contributed by atoms with Gasteiger partial charge in [0.2, 0.25) is 0 Å². The summed E-state index contributed by atoms with van der Waals surface area (Å²) in [5.74, 6) is -2.54. The summed E-state index contributed by atoms with van der Waals surface area (Å²) in [7, 11) is 0. The average Bonchev–Trinajstić information content (AvgIpc) is 2.06. The van der Waals surface area contributed by atoms with E-state index in [-0.39, 0.29) is 17.7 Å². The predicted molar refractivity (Wildman–Crippen MR) is 48.8 cm³/mol. The number of hydrogen-bond donors (Lipinski definition) is 1. The zero-order valence-corrected chi connectivity index (χ0v) is 7.40. The first kappa shape index (κ1) is 9.52. The van der Waals surface area contributed by atoms with E-state index in [9.17, 15) is 8.78 Å². The van der Waals surface area contributed by atoms with Crippen LogP contribution in [0.3, 0.4) is 0 Å². The molecule has 0 spiro atoms. The lowest BCUT2D eigenvalue weighted by Gasteiger charge is -2.14. The maximum absolute atomic E-state index is 13.1. The van der Waals surface area contributed by atoms with E-state index in [0.29, 0.717) is 0 Å². The van der Waals surface area contributed by atoms with Gasteiger partial charge in [-0.05, 0) is 5.75 Å². The van der Waals surface area contributed by atoms with Gasteiger partial charge < -0.3 is 0 Å².